The number of primary amides is 1. The van der Waals surface area contributed by atoms with Gasteiger partial charge in [-0.2, -0.15) is 0 Å². The van der Waals surface area contributed by atoms with Crippen molar-refractivity contribution < 1.29 is 28.7 Å². The lowest BCUT2D eigenvalue weighted by molar-refractivity contribution is -0.142. The number of hydrogen-bond acceptors (Lipinski definition) is 6. The number of carbonyl (C=O) groups is 4. The topological polar surface area (TPSA) is 140 Å². The summed E-state index contributed by atoms with van der Waals surface area (Å²) in [4.78, 5) is 54.0. The number of hydrogen-bond donors (Lipinski definition) is 3. The molecular formula is C30H42N4O6. The number of nitrogens with zero attached hydrogens (tertiary/aromatic N) is 1. The summed E-state index contributed by atoms with van der Waals surface area (Å²) in [6.45, 7) is 11.0. The Hall–Kier alpha value is -4.08. The third kappa shape index (κ3) is 9.59. The Kier molecular flexibility index (Phi) is 11.5. The molecule has 0 saturated carbocycles. The number of benzene rings is 2. The second-order valence-corrected chi connectivity index (χ2v) is 10.7. The summed E-state index contributed by atoms with van der Waals surface area (Å²) in [5.41, 5.74) is 7.58. The van der Waals surface area contributed by atoms with Crippen molar-refractivity contribution in [3.63, 3.8) is 0 Å². The first-order chi connectivity index (χ1) is 18.7. The van der Waals surface area contributed by atoms with Crippen LogP contribution in [0.15, 0.2) is 42.5 Å². The molecule has 2 atom stereocenters. The lowest BCUT2D eigenvalue weighted by atomic mass is 9.96. The van der Waals surface area contributed by atoms with Gasteiger partial charge in [-0.05, 0) is 76.4 Å². The standard InChI is InChI=1S/C30H42N4O6/c1-8-9-16-34(28(37)24(18-25(31)35)33-29(38)40-30(4,5)6)26(23-15-10-19(2)17-20(23)3)27(36)32-21-11-13-22(39-7)14-12-21/h10-15,17,24,26H,8-9,16,18H2,1-7H3,(H2,31,35)(H,32,36)(H,33,38). The Bertz CT molecular complexity index is 1190. The molecule has 2 rings (SSSR count). The summed E-state index contributed by atoms with van der Waals surface area (Å²) in [6.07, 6.45) is -0.00368. The highest BCUT2D eigenvalue weighted by atomic mass is 16.6. The van der Waals surface area contributed by atoms with Crippen LogP contribution in [0.3, 0.4) is 0 Å². The van der Waals surface area contributed by atoms with E-state index in [2.05, 4.69) is 10.6 Å². The number of nitrogens with one attached hydrogen (secondary N) is 2. The average Bonchev–Trinajstić information content (AvgIpc) is 2.85. The number of amides is 4. The van der Waals surface area contributed by atoms with Gasteiger partial charge in [-0.1, -0.05) is 37.1 Å². The molecule has 4 amide bonds. The summed E-state index contributed by atoms with van der Waals surface area (Å²) < 4.78 is 10.5. The van der Waals surface area contributed by atoms with E-state index in [0.717, 1.165) is 17.5 Å². The fourth-order valence-corrected chi connectivity index (χ4v) is 4.21. The highest BCUT2D eigenvalue weighted by Crippen LogP contribution is 2.29. The Balaban J connectivity index is 2.56. The van der Waals surface area contributed by atoms with Gasteiger partial charge in [0.15, 0.2) is 0 Å². The Morgan fingerprint density at radius 3 is 2.20 bits per heavy atom. The molecule has 2 aromatic rings. The van der Waals surface area contributed by atoms with Gasteiger partial charge < -0.3 is 30.7 Å². The van der Waals surface area contributed by atoms with Gasteiger partial charge in [-0.25, -0.2) is 4.79 Å². The van der Waals surface area contributed by atoms with Crippen LogP contribution in [0.25, 0.3) is 0 Å². The van der Waals surface area contributed by atoms with Gasteiger partial charge in [0.2, 0.25) is 11.8 Å². The molecule has 0 bridgehead atoms. The van der Waals surface area contributed by atoms with E-state index in [4.69, 9.17) is 15.2 Å². The van der Waals surface area contributed by atoms with Crippen LogP contribution in [0.4, 0.5) is 10.5 Å². The van der Waals surface area contributed by atoms with Crippen molar-refractivity contribution in [2.75, 3.05) is 19.0 Å². The number of aryl methyl sites for hydroxylation is 2. The molecule has 0 heterocycles. The molecule has 10 heteroatoms. The SMILES string of the molecule is CCCCN(C(=O)C(CC(N)=O)NC(=O)OC(C)(C)C)C(C(=O)Nc1ccc(OC)cc1)c1ccc(C)cc1C. The monoisotopic (exact) mass is 554 g/mol. The van der Waals surface area contributed by atoms with Crippen LogP contribution in [-0.4, -0.2) is 54.0 Å². The van der Waals surface area contributed by atoms with Crippen LogP contribution in [0.2, 0.25) is 0 Å². The smallest absolute Gasteiger partial charge is 0.408 e. The summed E-state index contributed by atoms with van der Waals surface area (Å²) in [5.74, 6) is -1.22. The first-order valence-electron chi connectivity index (χ1n) is 13.4. The molecular weight excluding hydrogens is 512 g/mol. The number of methoxy groups -OCH3 is 1. The van der Waals surface area contributed by atoms with Crippen LogP contribution in [0, 0.1) is 13.8 Å². The van der Waals surface area contributed by atoms with Crippen molar-refractivity contribution in [2.45, 2.75) is 78.5 Å². The molecule has 0 aromatic heterocycles. The van der Waals surface area contributed by atoms with E-state index < -0.39 is 47.9 Å². The highest BCUT2D eigenvalue weighted by Gasteiger charge is 2.37. The van der Waals surface area contributed by atoms with Gasteiger partial charge >= 0.3 is 6.09 Å². The molecule has 40 heavy (non-hydrogen) atoms. The Morgan fingerprint density at radius 1 is 1.02 bits per heavy atom. The third-order valence-electron chi connectivity index (χ3n) is 6.07. The number of unbranched alkanes of at least 4 members (excludes halogenated alkanes) is 1. The maximum absolute atomic E-state index is 14.1. The van der Waals surface area contributed by atoms with E-state index >= 15 is 0 Å². The van der Waals surface area contributed by atoms with Gasteiger partial charge in [-0.15, -0.1) is 0 Å². The highest BCUT2D eigenvalue weighted by molar-refractivity contribution is 6.00. The van der Waals surface area contributed by atoms with Crippen LogP contribution in [-0.2, 0) is 19.1 Å². The number of alkyl carbamates (subject to hydrolysis) is 1. The van der Waals surface area contributed by atoms with Gasteiger partial charge in [0.1, 0.15) is 23.4 Å². The number of carbonyl (C=O) groups excluding carboxylic acids is 4. The summed E-state index contributed by atoms with van der Waals surface area (Å²) in [7, 11) is 1.55. The number of rotatable bonds is 12. The molecule has 0 radical (unpaired) electrons. The lowest BCUT2D eigenvalue weighted by Crippen LogP contribution is -2.53. The van der Waals surface area contributed by atoms with Gasteiger partial charge in [-0.3, -0.25) is 14.4 Å². The Labute approximate surface area is 236 Å². The van der Waals surface area contributed by atoms with Crippen LogP contribution >= 0.6 is 0 Å². The largest absolute Gasteiger partial charge is 0.497 e. The lowest BCUT2D eigenvalue weighted by Gasteiger charge is -2.35. The zero-order chi connectivity index (χ0) is 30.0. The van der Waals surface area contributed by atoms with E-state index in [1.165, 1.54) is 4.90 Å². The van der Waals surface area contributed by atoms with Gasteiger partial charge in [0.25, 0.3) is 5.91 Å². The Morgan fingerprint density at radius 2 is 1.68 bits per heavy atom. The second kappa shape index (κ2) is 14.3. The molecule has 2 aromatic carbocycles. The predicted molar refractivity (Wildman–Crippen MR) is 154 cm³/mol. The quantitative estimate of drug-likeness (QED) is 0.356. The van der Waals surface area contributed by atoms with Crippen molar-refractivity contribution in [3.8, 4) is 5.75 Å². The molecule has 0 aliphatic carbocycles. The van der Waals surface area contributed by atoms with E-state index in [0.29, 0.717) is 23.4 Å². The van der Waals surface area contributed by atoms with Gasteiger partial charge in [0.05, 0.1) is 13.5 Å². The predicted octanol–water partition coefficient (Wildman–Crippen LogP) is 4.39. The maximum atomic E-state index is 14.1. The van der Waals surface area contributed by atoms with E-state index in [-0.39, 0.29) is 6.54 Å². The minimum atomic E-state index is -1.33. The van der Waals surface area contributed by atoms with Crippen molar-refractivity contribution in [3.05, 3.63) is 59.2 Å². The van der Waals surface area contributed by atoms with E-state index in [9.17, 15) is 19.2 Å². The van der Waals surface area contributed by atoms with Crippen molar-refractivity contribution in [2.24, 2.45) is 5.73 Å². The minimum Gasteiger partial charge on any atom is -0.497 e. The van der Waals surface area contributed by atoms with Crippen LogP contribution in [0.1, 0.15) is 69.7 Å². The normalized spacial score (nSPS) is 12.6. The van der Waals surface area contributed by atoms with Crippen LogP contribution < -0.4 is 21.1 Å². The first-order valence-corrected chi connectivity index (χ1v) is 13.4. The molecule has 0 saturated heterocycles. The fraction of sp³-hybridized carbons (Fsp3) is 0.467. The van der Waals surface area contributed by atoms with E-state index in [1.807, 2.05) is 39.0 Å². The second-order valence-electron chi connectivity index (χ2n) is 10.7. The van der Waals surface area contributed by atoms with Gasteiger partial charge in [0, 0.05) is 12.2 Å². The first kappa shape index (κ1) is 32.1. The zero-order valence-corrected chi connectivity index (χ0v) is 24.5. The van der Waals surface area contributed by atoms with Crippen LogP contribution in [0.5, 0.6) is 5.75 Å². The molecule has 2 unspecified atom stereocenters. The molecule has 0 aliphatic heterocycles. The van der Waals surface area contributed by atoms with Crippen molar-refractivity contribution in [1.29, 1.82) is 0 Å². The fourth-order valence-electron chi connectivity index (χ4n) is 4.21. The molecule has 0 spiro atoms. The number of nitrogens with two attached hydrogens (primary N) is 1. The minimum absolute atomic E-state index is 0.203. The van der Waals surface area contributed by atoms with E-state index in [1.54, 1.807) is 52.1 Å². The maximum Gasteiger partial charge on any atom is 0.408 e. The summed E-state index contributed by atoms with van der Waals surface area (Å²) in [5, 5.41) is 5.40. The number of anilines is 1. The molecule has 4 N–H and O–H groups in total. The van der Waals surface area contributed by atoms with Crippen molar-refractivity contribution >= 4 is 29.5 Å². The molecule has 0 fully saturated rings. The zero-order valence-electron chi connectivity index (χ0n) is 24.5. The number of ether oxygens (including phenoxy) is 2. The molecule has 218 valence electrons. The van der Waals surface area contributed by atoms with Crippen molar-refractivity contribution in [1.82, 2.24) is 10.2 Å². The third-order valence-corrected chi connectivity index (χ3v) is 6.07. The molecule has 10 nitrogen and oxygen atoms in total. The summed E-state index contributed by atoms with van der Waals surface area (Å²) in [6, 6.07) is 10.1. The molecule has 0 aliphatic rings. The average molecular weight is 555 g/mol. The summed E-state index contributed by atoms with van der Waals surface area (Å²) >= 11 is 0.